The predicted molar refractivity (Wildman–Crippen MR) is 70.5 cm³/mol. The highest BCUT2D eigenvalue weighted by Crippen LogP contribution is 2.07. The molecule has 3 nitrogen and oxygen atoms in total. The van der Waals surface area contributed by atoms with E-state index in [0.717, 1.165) is 25.3 Å². The minimum atomic E-state index is 0.286. The Bertz CT molecular complexity index is 277. The van der Waals surface area contributed by atoms with Crippen molar-refractivity contribution in [3.8, 4) is 5.75 Å². The van der Waals surface area contributed by atoms with Crippen LogP contribution >= 0.6 is 0 Å². The van der Waals surface area contributed by atoms with E-state index in [1.54, 1.807) is 0 Å². The highest BCUT2D eigenvalue weighted by molar-refractivity contribution is 5.20. The van der Waals surface area contributed by atoms with E-state index >= 15 is 0 Å². The Labute approximate surface area is 104 Å². The summed E-state index contributed by atoms with van der Waals surface area (Å²) < 4.78 is 11.3. The molecule has 1 atom stereocenters. The van der Waals surface area contributed by atoms with Crippen LogP contribution in [0.25, 0.3) is 0 Å². The van der Waals surface area contributed by atoms with Crippen molar-refractivity contribution in [3.63, 3.8) is 0 Å². The molecule has 1 N–H and O–H groups in total. The molecule has 96 valence electrons. The molecule has 3 heteroatoms. The second kappa shape index (κ2) is 9.02. The number of nitrogens with one attached hydrogen (secondary N) is 1. The third kappa shape index (κ3) is 6.29. The molecule has 17 heavy (non-hydrogen) atoms. The van der Waals surface area contributed by atoms with Crippen molar-refractivity contribution in [1.82, 2.24) is 5.32 Å². The molecular formula is C14H23NO2. The topological polar surface area (TPSA) is 30.5 Å². The zero-order valence-electron chi connectivity index (χ0n) is 10.8. The van der Waals surface area contributed by atoms with Crippen molar-refractivity contribution in [3.05, 3.63) is 30.3 Å². The first-order valence-electron chi connectivity index (χ1n) is 6.37. The van der Waals surface area contributed by atoms with Gasteiger partial charge in [-0.3, -0.25) is 0 Å². The normalized spacial score (nSPS) is 12.4. The molecule has 1 unspecified atom stereocenters. The SMILES string of the molecule is CCNCC(CC)OCCOc1ccccc1. The molecule has 1 aromatic rings. The average Bonchev–Trinajstić information content (AvgIpc) is 2.39. The minimum absolute atomic E-state index is 0.286. The fourth-order valence-corrected chi connectivity index (χ4v) is 1.52. The summed E-state index contributed by atoms with van der Waals surface area (Å²) in [5, 5.41) is 3.29. The number of rotatable bonds is 9. The van der Waals surface area contributed by atoms with Gasteiger partial charge in [0.05, 0.1) is 12.7 Å². The fourth-order valence-electron chi connectivity index (χ4n) is 1.52. The molecule has 0 radical (unpaired) electrons. The van der Waals surface area contributed by atoms with Gasteiger partial charge in [0.1, 0.15) is 12.4 Å². The third-order valence-electron chi connectivity index (χ3n) is 2.53. The summed E-state index contributed by atoms with van der Waals surface area (Å²) in [5.74, 6) is 0.899. The van der Waals surface area contributed by atoms with Crippen molar-refractivity contribution in [2.75, 3.05) is 26.3 Å². The van der Waals surface area contributed by atoms with Gasteiger partial charge in [-0.25, -0.2) is 0 Å². The first-order valence-corrected chi connectivity index (χ1v) is 6.37. The summed E-state index contributed by atoms with van der Waals surface area (Å²) in [5.41, 5.74) is 0. The Morgan fingerprint density at radius 3 is 2.53 bits per heavy atom. The van der Waals surface area contributed by atoms with Crippen molar-refractivity contribution < 1.29 is 9.47 Å². The lowest BCUT2D eigenvalue weighted by molar-refractivity contribution is 0.0323. The monoisotopic (exact) mass is 237 g/mol. The zero-order chi connectivity index (χ0) is 12.3. The van der Waals surface area contributed by atoms with Crippen LogP contribution in [0.3, 0.4) is 0 Å². The molecule has 0 amide bonds. The second-order valence-corrected chi connectivity index (χ2v) is 3.87. The second-order valence-electron chi connectivity index (χ2n) is 3.87. The number of hydrogen-bond donors (Lipinski definition) is 1. The Morgan fingerprint density at radius 2 is 1.88 bits per heavy atom. The van der Waals surface area contributed by atoms with Crippen LogP contribution in [-0.4, -0.2) is 32.4 Å². The van der Waals surface area contributed by atoms with Crippen molar-refractivity contribution in [2.24, 2.45) is 0 Å². The van der Waals surface area contributed by atoms with Crippen molar-refractivity contribution >= 4 is 0 Å². The van der Waals surface area contributed by atoms with Crippen LogP contribution in [0, 0.1) is 0 Å². The number of ether oxygens (including phenoxy) is 2. The molecule has 0 aliphatic rings. The number of benzene rings is 1. The fraction of sp³-hybridized carbons (Fsp3) is 0.571. The van der Waals surface area contributed by atoms with Crippen molar-refractivity contribution in [2.45, 2.75) is 26.4 Å². The molecule has 0 heterocycles. The van der Waals surface area contributed by atoms with E-state index in [1.165, 1.54) is 0 Å². The highest BCUT2D eigenvalue weighted by atomic mass is 16.5. The van der Waals surface area contributed by atoms with Gasteiger partial charge in [0.15, 0.2) is 0 Å². The number of para-hydroxylation sites is 1. The lowest BCUT2D eigenvalue weighted by atomic mass is 10.3. The average molecular weight is 237 g/mol. The first kappa shape index (κ1) is 14.0. The van der Waals surface area contributed by atoms with Crippen LogP contribution < -0.4 is 10.1 Å². The van der Waals surface area contributed by atoms with Gasteiger partial charge in [0, 0.05) is 6.54 Å². The van der Waals surface area contributed by atoms with E-state index in [-0.39, 0.29) is 6.10 Å². The Hall–Kier alpha value is -1.06. The largest absolute Gasteiger partial charge is 0.491 e. The van der Waals surface area contributed by atoms with Crippen LogP contribution in [0.15, 0.2) is 30.3 Å². The minimum Gasteiger partial charge on any atom is -0.491 e. The summed E-state index contributed by atoms with van der Waals surface area (Å²) >= 11 is 0. The van der Waals surface area contributed by atoms with Gasteiger partial charge >= 0.3 is 0 Å². The molecule has 0 saturated carbocycles. The molecular weight excluding hydrogens is 214 g/mol. The van der Waals surface area contributed by atoms with E-state index in [4.69, 9.17) is 9.47 Å². The predicted octanol–water partition coefficient (Wildman–Crippen LogP) is 2.47. The summed E-state index contributed by atoms with van der Waals surface area (Å²) in [7, 11) is 0. The van der Waals surface area contributed by atoms with Gasteiger partial charge in [-0.1, -0.05) is 32.0 Å². The van der Waals surface area contributed by atoms with E-state index in [2.05, 4.69) is 19.2 Å². The molecule has 0 aliphatic carbocycles. The van der Waals surface area contributed by atoms with Crippen molar-refractivity contribution in [1.29, 1.82) is 0 Å². The quantitative estimate of drug-likeness (QED) is 0.669. The van der Waals surface area contributed by atoms with E-state index < -0.39 is 0 Å². The Morgan fingerprint density at radius 1 is 1.12 bits per heavy atom. The Balaban J connectivity index is 2.10. The summed E-state index contributed by atoms with van der Waals surface area (Å²) in [6.45, 7) is 7.38. The van der Waals surface area contributed by atoms with E-state index in [0.29, 0.717) is 13.2 Å². The third-order valence-corrected chi connectivity index (χ3v) is 2.53. The number of likely N-dealkylation sites (N-methyl/N-ethyl adjacent to an activating group) is 1. The summed E-state index contributed by atoms with van der Waals surface area (Å²) in [6, 6.07) is 9.82. The van der Waals surface area contributed by atoms with Gasteiger partial charge in [-0.2, -0.15) is 0 Å². The smallest absolute Gasteiger partial charge is 0.119 e. The lowest BCUT2D eigenvalue weighted by Crippen LogP contribution is -2.29. The Kier molecular flexibility index (Phi) is 7.43. The van der Waals surface area contributed by atoms with Crippen LogP contribution in [0.5, 0.6) is 5.75 Å². The maximum absolute atomic E-state index is 5.73. The maximum Gasteiger partial charge on any atom is 0.119 e. The zero-order valence-corrected chi connectivity index (χ0v) is 10.8. The summed E-state index contributed by atoms with van der Waals surface area (Å²) in [6.07, 6.45) is 1.31. The highest BCUT2D eigenvalue weighted by Gasteiger charge is 2.04. The lowest BCUT2D eigenvalue weighted by Gasteiger charge is -2.16. The van der Waals surface area contributed by atoms with Gasteiger partial charge in [0.2, 0.25) is 0 Å². The van der Waals surface area contributed by atoms with Crippen LogP contribution in [0.2, 0.25) is 0 Å². The molecule has 0 saturated heterocycles. The van der Waals surface area contributed by atoms with Gasteiger partial charge in [-0.05, 0) is 25.1 Å². The molecule has 1 rings (SSSR count). The summed E-state index contributed by atoms with van der Waals surface area (Å²) in [4.78, 5) is 0. The van der Waals surface area contributed by atoms with Crippen LogP contribution in [-0.2, 0) is 4.74 Å². The maximum atomic E-state index is 5.73. The van der Waals surface area contributed by atoms with E-state index in [1.807, 2.05) is 30.3 Å². The van der Waals surface area contributed by atoms with Crippen LogP contribution in [0.1, 0.15) is 20.3 Å². The van der Waals surface area contributed by atoms with Gasteiger partial charge in [-0.15, -0.1) is 0 Å². The van der Waals surface area contributed by atoms with Gasteiger partial charge in [0.25, 0.3) is 0 Å². The molecule has 0 bridgehead atoms. The number of hydrogen-bond acceptors (Lipinski definition) is 3. The molecule has 0 spiro atoms. The van der Waals surface area contributed by atoms with E-state index in [9.17, 15) is 0 Å². The molecule has 1 aromatic carbocycles. The van der Waals surface area contributed by atoms with Gasteiger partial charge < -0.3 is 14.8 Å². The van der Waals surface area contributed by atoms with Crippen LogP contribution in [0.4, 0.5) is 0 Å². The standard InChI is InChI=1S/C14H23NO2/c1-3-13(12-15-4-2)16-10-11-17-14-8-6-5-7-9-14/h5-9,13,15H,3-4,10-12H2,1-2H3. The molecule has 0 fully saturated rings. The molecule has 0 aromatic heterocycles. The molecule has 0 aliphatic heterocycles. The first-order chi connectivity index (χ1) is 8.36.